The minimum atomic E-state index is -1.66. The Morgan fingerprint density at radius 1 is 1.19 bits per heavy atom. The normalized spacial score (nSPS) is 11.7. The molecule has 1 unspecified atom stereocenters. The first-order valence-corrected chi connectivity index (χ1v) is 5.07. The zero-order valence-corrected chi connectivity index (χ0v) is 9.88. The van der Waals surface area contributed by atoms with Crippen LogP contribution in [0.4, 0.5) is 0 Å². The van der Waals surface area contributed by atoms with Gasteiger partial charge in [0.1, 0.15) is 0 Å². The molecule has 0 bridgehead atoms. The molecule has 16 heavy (non-hydrogen) atoms. The van der Waals surface area contributed by atoms with Gasteiger partial charge in [-0.1, -0.05) is 19.1 Å². The Balaban J connectivity index is 5.74. The second-order valence-corrected chi connectivity index (χ2v) is 4.00. The van der Waals surface area contributed by atoms with E-state index in [2.05, 4.69) is 0 Å². The molecule has 0 amide bonds. The van der Waals surface area contributed by atoms with E-state index in [1.807, 2.05) is 0 Å². The summed E-state index contributed by atoms with van der Waals surface area (Å²) >= 11 is 4.99. The summed E-state index contributed by atoms with van der Waals surface area (Å²) in [6.45, 7) is 3.40. The van der Waals surface area contributed by atoms with Gasteiger partial charge in [-0.05, 0) is 18.2 Å². The molecule has 0 saturated carbocycles. The number of rotatable bonds is 4. The number of nitriles is 4. The smallest absolute Gasteiger partial charge is 0.179 e. The first kappa shape index (κ1) is 14.1. The van der Waals surface area contributed by atoms with Crippen molar-refractivity contribution in [2.45, 2.75) is 20.3 Å². The molecule has 4 nitrogen and oxygen atoms in total. The maximum atomic E-state index is 9.13. The minimum absolute atomic E-state index is 0.455. The van der Waals surface area contributed by atoms with Gasteiger partial charge >= 0.3 is 0 Å². The first-order chi connectivity index (χ1) is 7.53. The molecule has 0 radical (unpaired) electrons. The largest absolute Gasteiger partial charge is 0.197 e. The van der Waals surface area contributed by atoms with E-state index < -0.39 is 17.3 Å². The van der Waals surface area contributed by atoms with E-state index >= 15 is 0 Å². The van der Waals surface area contributed by atoms with Crippen LogP contribution in [0, 0.1) is 62.6 Å². The monoisotopic (exact) mass is 230 g/mol. The SMILES string of the molecule is CCC(C(C)=S)C(C#N)(C#N)C(C#N)C#N. The van der Waals surface area contributed by atoms with E-state index in [1.165, 1.54) is 0 Å². The van der Waals surface area contributed by atoms with Crippen molar-refractivity contribution in [3.05, 3.63) is 0 Å². The van der Waals surface area contributed by atoms with Crippen LogP contribution < -0.4 is 0 Å². The van der Waals surface area contributed by atoms with Crippen molar-refractivity contribution < 1.29 is 0 Å². The minimum Gasteiger partial charge on any atom is -0.197 e. The number of hydrogen-bond donors (Lipinski definition) is 0. The molecule has 0 heterocycles. The zero-order valence-electron chi connectivity index (χ0n) is 9.06. The van der Waals surface area contributed by atoms with Gasteiger partial charge in [0.2, 0.25) is 0 Å². The fraction of sp³-hybridized carbons (Fsp3) is 0.545. The highest BCUT2D eigenvalue weighted by molar-refractivity contribution is 7.80. The van der Waals surface area contributed by atoms with Gasteiger partial charge < -0.3 is 0 Å². The van der Waals surface area contributed by atoms with Crippen molar-refractivity contribution in [3.63, 3.8) is 0 Å². The third-order valence-electron chi connectivity index (χ3n) is 2.53. The molecule has 0 rings (SSSR count). The Hall–Kier alpha value is -1.95. The predicted octanol–water partition coefficient (Wildman–Crippen LogP) is 2.10. The summed E-state index contributed by atoms with van der Waals surface area (Å²) in [7, 11) is 0. The molecule has 0 spiro atoms. The van der Waals surface area contributed by atoms with E-state index in [0.717, 1.165) is 0 Å². The highest BCUT2D eigenvalue weighted by atomic mass is 32.1. The lowest BCUT2D eigenvalue weighted by Crippen LogP contribution is -2.37. The second kappa shape index (κ2) is 5.82. The Morgan fingerprint density at radius 3 is 1.81 bits per heavy atom. The predicted molar refractivity (Wildman–Crippen MR) is 60.4 cm³/mol. The maximum absolute atomic E-state index is 9.13. The lowest BCUT2D eigenvalue weighted by atomic mass is 9.67. The Labute approximate surface area is 100 Å². The molecule has 0 fully saturated rings. The molecule has 0 aromatic heterocycles. The molecule has 1 atom stereocenters. The van der Waals surface area contributed by atoms with Crippen LogP contribution in [0.1, 0.15) is 20.3 Å². The average molecular weight is 230 g/mol. The van der Waals surface area contributed by atoms with E-state index in [1.54, 1.807) is 38.1 Å². The number of nitrogens with zero attached hydrogens (tertiary/aromatic N) is 4. The Bertz CT molecular complexity index is 413. The van der Waals surface area contributed by atoms with Gasteiger partial charge in [0.25, 0.3) is 0 Å². The van der Waals surface area contributed by atoms with Crippen molar-refractivity contribution >= 4 is 17.1 Å². The van der Waals surface area contributed by atoms with Gasteiger partial charge in [-0.25, -0.2) is 0 Å². The van der Waals surface area contributed by atoms with Gasteiger partial charge in [-0.2, -0.15) is 21.0 Å². The third-order valence-corrected chi connectivity index (χ3v) is 2.82. The lowest BCUT2D eigenvalue weighted by molar-refractivity contribution is 0.350. The van der Waals surface area contributed by atoms with Crippen LogP contribution in [0.5, 0.6) is 0 Å². The Kier molecular flexibility index (Phi) is 5.11. The Morgan fingerprint density at radius 2 is 1.62 bits per heavy atom. The summed E-state index contributed by atoms with van der Waals surface area (Å²) < 4.78 is 0. The van der Waals surface area contributed by atoms with Crippen molar-refractivity contribution in [1.82, 2.24) is 0 Å². The summed E-state index contributed by atoms with van der Waals surface area (Å²) in [5.74, 6) is -1.83. The van der Waals surface area contributed by atoms with Gasteiger partial charge in [-0.3, -0.25) is 0 Å². The molecule has 0 saturated heterocycles. The second-order valence-electron chi connectivity index (χ2n) is 3.36. The van der Waals surface area contributed by atoms with E-state index in [4.69, 9.17) is 33.3 Å². The number of thiocarbonyl (C=S) groups is 1. The summed E-state index contributed by atoms with van der Waals surface area (Å²) in [6.07, 6.45) is 0.455. The van der Waals surface area contributed by atoms with Crippen LogP contribution in [0.3, 0.4) is 0 Å². The van der Waals surface area contributed by atoms with Crippen LogP contribution >= 0.6 is 12.2 Å². The van der Waals surface area contributed by atoms with Crippen molar-refractivity contribution in [2.24, 2.45) is 17.3 Å². The summed E-state index contributed by atoms with van der Waals surface area (Å²) in [6, 6.07) is 7.01. The van der Waals surface area contributed by atoms with E-state index in [9.17, 15) is 0 Å². The van der Waals surface area contributed by atoms with Crippen LogP contribution in [-0.2, 0) is 0 Å². The quantitative estimate of drug-likeness (QED) is 0.689. The molecule has 5 heteroatoms. The zero-order chi connectivity index (χ0) is 12.8. The van der Waals surface area contributed by atoms with Crippen molar-refractivity contribution in [1.29, 1.82) is 21.0 Å². The number of hydrogen-bond acceptors (Lipinski definition) is 5. The first-order valence-electron chi connectivity index (χ1n) is 4.66. The van der Waals surface area contributed by atoms with E-state index in [-0.39, 0.29) is 0 Å². The van der Waals surface area contributed by atoms with Crippen molar-refractivity contribution in [3.8, 4) is 24.3 Å². The topological polar surface area (TPSA) is 95.2 Å². The highest BCUT2D eigenvalue weighted by Crippen LogP contribution is 2.37. The molecular weight excluding hydrogens is 220 g/mol. The van der Waals surface area contributed by atoms with Crippen LogP contribution in [0.2, 0.25) is 0 Å². The summed E-state index contributed by atoms with van der Waals surface area (Å²) in [4.78, 5) is 0.473. The summed E-state index contributed by atoms with van der Waals surface area (Å²) in [5.41, 5.74) is -1.66. The molecule has 0 aromatic carbocycles. The summed E-state index contributed by atoms with van der Waals surface area (Å²) in [5, 5.41) is 35.9. The van der Waals surface area contributed by atoms with Gasteiger partial charge in [0.15, 0.2) is 11.3 Å². The third kappa shape index (κ3) is 2.17. The fourth-order valence-electron chi connectivity index (χ4n) is 1.67. The lowest BCUT2D eigenvalue weighted by Gasteiger charge is -2.28. The molecule has 0 aliphatic heterocycles. The van der Waals surface area contributed by atoms with Gasteiger partial charge in [0.05, 0.1) is 24.3 Å². The van der Waals surface area contributed by atoms with Gasteiger partial charge in [-0.15, -0.1) is 0 Å². The van der Waals surface area contributed by atoms with Crippen molar-refractivity contribution in [2.75, 3.05) is 0 Å². The van der Waals surface area contributed by atoms with Crippen LogP contribution in [0.15, 0.2) is 0 Å². The molecule has 80 valence electrons. The van der Waals surface area contributed by atoms with Gasteiger partial charge in [0, 0.05) is 5.92 Å². The van der Waals surface area contributed by atoms with E-state index in [0.29, 0.717) is 11.3 Å². The molecule has 0 aliphatic carbocycles. The molecule has 0 aromatic rings. The average Bonchev–Trinajstić information content (AvgIpc) is 2.28. The van der Waals surface area contributed by atoms with Crippen LogP contribution in [-0.4, -0.2) is 4.86 Å². The molecule has 0 aliphatic rings. The molecule has 0 N–H and O–H groups in total. The van der Waals surface area contributed by atoms with Crippen LogP contribution in [0.25, 0.3) is 0 Å². The maximum Gasteiger partial charge on any atom is 0.179 e. The highest BCUT2D eigenvalue weighted by Gasteiger charge is 2.47. The standard InChI is InChI=1S/C11H10N4S/c1-3-10(8(2)16)11(6-14,7-15)9(4-12)5-13/h9-10H,3H2,1-2H3. The molecular formula is C11H10N4S. The fourth-order valence-corrected chi connectivity index (χ4v) is 2.03.